The SMILES string of the molecule is CCNc1cc(C(=O)N[C@@H](Cc2ccccc2)[C@H](O)CNCc2cccc(OC(F)(F)F)c2)c(F)c(N2CCCCS2(=O)=O)c1.O=CO. The Morgan fingerprint density at radius 3 is 2.40 bits per heavy atom. The van der Waals surface area contributed by atoms with Crippen LogP contribution in [-0.2, 0) is 27.8 Å². The number of rotatable bonds is 13. The number of sulfonamides is 1. The second kappa shape index (κ2) is 17.7. The molecule has 5 N–H and O–H groups in total. The molecule has 262 valence electrons. The monoisotopic (exact) mass is 698 g/mol. The Morgan fingerprint density at radius 2 is 1.75 bits per heavy atom. The lowest BCUT2D eigenvalue weighted by atomic mass is 10.00. The first-order valence-corrected chi connectivity index (χ1v) is 16.6. The number of alkyl halides is 3. The van der Waals surface area contributed by atoms with Gasteiger partial charge in [0.2, 0.25) is 10.0 Å². The van der Waals surface area contributed by atoms with Crippen LogP contribution in [0.2, 0.25) is 0 Å². The molecule has 1 saturated heterocycles. The molecule has 11 nitrogen and oxygen atoms in total. The van der Waals surface area contributed by atoms with Gasteiger partial charge in [0.05, 0.1) is 29.1 Å². The van der Waals surface area contributed by atoms with Crippen molar-refractivity contribution in [2.24, 2.45) is 0 Å². The number of benzene rings is 3. The Kier molecular flexibility index (Phi) is 14.0. The third kappa shape index (κ3) is 11.4. The highest BCUT2D eigenvalue weighted by Gasteiger charge is 2.32. The van der Waals surface area contributed by atoms with E-state index in [1.54, 1.807) is 37.3 Å². The van der Waals surface area contributed by atoms with Crippen LogP contribution in [0.25, 0.3) is 0 Å². The number of aliphatic hydroxyl groups excluding tert-OH is 1. The number of halogens is 4. The summed E-state index contributed by atoms with van der Waals surface area (Å²) in [5.74, 6) is -2.35. The van der Waals surface area contributed by atoms with Gasteiger partial charge >= 0.3 is 6.36 Å². The van der Waals surface area contributed by atoms with Gasteiger partial charge < -0.3 is 30.9 Å². The number of carbonyl (C=O) groups is 2. The predicted molar refractivity (Wildman–Crippen MR) is 172 cm³/mol. The Balaban J connectivity index is 0.00000201. The van der Waals surface area contributed by atoms with Crippen LogP contribution < -0.4 is 25.0 Å². The molecule has 3 aromatic carbocycles. The highest BCUT2D eigenvalue weighted by molar-refractivity contribution is 7.92. The van der Waals surface area contributed by atoms with E-state index in [-0.39, 0.29) is 55.3 Å². The Labute approximate surface area is 276 Å². The second-order valence-corrected chi connectivity index (χ2v) is 12.8. The molecule has 0 bridgehead atoms. The Hall–Kier alpha value is -4.41. The van der Waals surface area contributed by atoms with Crippen molar-refractivity contribution in [1.29, 1.82) is 0 Å². The van der Waals surface area contributed by atoms with Crippen LogP contribution in [0.5, 0.6) is 5.75 Å². The fourth-order valence-corrected chi connectivity index (χ4v) is 6.71. The molecule has 2 atom stereocenters. The fraction of sp³-hybridized carbons (Fsp3) is 0.375. The average molecular weight is 699 g/mol. The minimum Gasteiger partial charge on any atom is -0.483 e. The summed E-state index contributed by atoms with van der Waals surface area (Å²) in [6.45, 7) is 2.09. The van der Waals surface area contributed by atoms with Crippen molar-refractivity contribution in [2.45, 2.75) is 51.2 Å². The summed E-state index contributed by atoms with van der Waals surface area (Å²) < 4.78 is 84.2. The molecule has 0 radical (unpaired) electrons. The number of hydrogen-bond donors (Lipinski definition) is 5. The van der Waals surface area contributed by atoms with Crippen molar-refractivity contribution in [2.75, 3.05) is 35.0 Å². The molecule has 48 heavy (non-hydrogen) atoms. The van der Waals surface area contributed by atoms with Crippen molar-refractivity contribution in [3.8, 4) is 5.75 Å². The number of carboxylic acid groups (broad SMARTS) is 1. The van der Waals surface area contributed by atoms with Gasteiger partial charge in [-0.25, -0.2) is 12.8 Å². The molecule has 3 aromatic rings. The zero-order valence-corrected chi connectivity index (χ0v) is 26.9. The topological polar surface area (TPSA) is 157 Å². The molecule has 0 spiro atoms. The highest BCUT2D eigenvalue weighted by Crippen LogP contribution is 2.32. The maximum Gasteiger partial charge on any atom is 0.573 e. The van der Waals surface area contributed by atoms with Crippen molar-refractivity contribution >= 4 is 33.8 Å². The van der Waals surface area contributed by atoms with Gasteiger partial charge in [-0.05, 0) is 61.6 Å². The normalized spacial score (nSPS) is 15.3. The third-order valence-corrected chi connectivity index (χ3v) is 9.05. The number of amides is 1. The molecule has 4 rings (SSSR count). The number of anilines is 2. The lowest BCUT2D eigenvalue weighted by Gasteiger charge is -2.30. The maximum atomic E-state index is 15.9. The van der Waals surface area contributed by atoms with E-state index < -0.39 is 40.3 Å². The molecular weight excluding hydrogens is 660 g/mol. The van der Waals surface area contributed by atoms with Gasteiger partial charge in [0.15, 0.2) is 5.82 Å². The third-order valence-electron chi connectivity index (χ3n) is 7.19. The van der Waals surface area contributed by atoms with Crippen molar-refractivity contribution in [3.63, 3.8) is 0 Å². The number of ether oxygens (including phenoxy) is 1. The molecule has 1 fully saturated rings. The van der Waals surface area contributed by atoms with Gasteiger partial charge in [-0.3, -0.25) is 13.9 Å². The van der Waals surface area contributed by atoms with E-state index in [9.17, 15) is 31.5 Å². The van der Waals surface area contributed by atoms with Gasteiger partial charge in [-0.15, -0.1) is 13.2 Å². The lowest BCUT2D eigenvalue weighted by molar-refractivity contribution is -0.274. The smallest absolute Gasteiger partial charge is 0.483 e. The Morgan fingerprint density at radius 1 is 1.06 bits per heavy atom. The summed E-state index contributed by atoms with van der Waals surface area (Å²) in [5, 5.41) is 26.7. The molecule has 1 aliphatic rings. The van der Waals surface area contributed by atoms with E-state index in [1.165, 1.54) is 30.3 Å². The number of carbonyl (C=O) groups excluding carboxylic acids is 1. The lowest BCUT2D eigenvalue weighted by Crippen LogP contribution is -2.49. The fourth-order valence-electron chi connectivity index (χ4n) is 5.08. The molecular formula is C32H38F4N4O7S. The minimum absolute atomic E-state index is 0.0701. The van der Waals surface area contributed by atoms with Crippen molar-refractivity contribution in [3.05, 3.63) is 89.2 Å². The van der Waals surface area contributed by atoms with Crippen LogP contribution in [0.4, 0.5) is 28.9 Å². The maximum absolute atomic E-state index is 15.9. The summed E-state index contributed by atoms with van der Waals surface area (Å²) in [7, 11) is -3.77. The highest BCUT2D eigenvalue weighted by atomic mass is 32.2. The predicted octanol–water partition coefficient (Wildman–Crippen LogP) is 4.28. The molecule has 1 heterocycles. The van der Waals surface area contributed by atoms with Crippen LogP contribution in [0, 0.1) is 5.82 Å². The van der Waals surface area contributed by atoms with E-state index in [0.29, 0.717) is 30.6 Å². The van der Waals surface area contributed by atoms with Gasteiger partial charge in [0, 0.05) is 31.9 Å². The number of aliphatic hydroxyl groups is 1. The zero-order valence-electron chi connectivity index (χ0n) is 26.0. The summed E-state index contributed by atoms with van der Waals surface area (Å²) in [6, 6.07) is 16.1. The number of hydrogen-bond acceptors (Lipinski definition) is 8. The van der Waals surface area contributed by atoms with E-state index in [2.05, 4.69) is 20.7 Å². The molecule has 0 saturated carbocycles. The van der Waals surface area contributed by atoms with E-state index in [1.807, 2.05) is 6.07 Å². The first kappa shape index (κ1) is 38.0. The van der Waals surface area contributed by atoms with Gasteiger partial charge in [0.1, 0.15) is 5.75 Å². The standard InChI is InChI=1S/C31H36F4N4O5S.CH2O2/c1-2-37-23-17-25(29(32)27(18-23)39-13-6-7-14-45(39,42)43)30(41)38-26(16-21-9-4-3-5-10-21)28(40)20-36-19-22-11-8-12-24(15-22)44-31(33,34)35;2-1-3/h3-5,8-12,15,17-18,26,28,36-37,40H,2,6-7,13-14,16,19-20H2,1H3,(H,38,41);1H,(H,2,3)/t26-,28+;/m0./s1. The average Bonchev–Trinajstić information content (AvgIpc) is 3.02. The van der Waals surface area contributed by atoms with Crippen LogP contribution in [0.3, 0.4) is 0 Å². The summed E-state index contributed by atoms with van der Waals surface area (Å²) >= 11 is 0. The minimum atomic E-state index is -4.83. The number of nitrogens with zero attached hydrogens (tertiary/aromatic N) is 1. The zero-order chi connectivity index (χ0) is 35.3. The molecule has 0 aromatic heterocycles. The second-order valence-electron chi connectivity index (χ2n) is 10.8. The van der Waals surface area contributed by atoms with Gasteiger partial charge in [-0.1, -0.05) is 42.5 Å². The van der Waals surface area contributed by atoms with E-state index in [4.69, 9.17) is 9.90 Å². The molecule has 1 amide bonds. The first-order chi connectivity index (χ1) is 22.8. The molecule has 0 unspecified atom stereocenters. The van der Waals surface area contributed by atoms with Crippen molar-refractivity contribution < 1.29 is 50.5 Å². The first-order valence-electron chi connectivity index (χ1n) is 15.0. The van der Waals surface area contributed by atoms with E-state index in [0.717, 1.165) is 9.87 Å². The largest absolute Gasteiger partial charge is 0.573 e. The Bertz CT molecular complexity index is 1610. The molecule has 1 aliphatic heterocycles. The molecule has 16 heteroatoms. The summed E-state index contributed by atoms with van der Waals surface area (Å²) in [5.41, 5.74) is 0.995. The van der Waals surface area contributed by atoms with Crippen LogP contribution in [-0.4, -0.2) is 74.9 Å². The van der Waals surface area contributed by atoms with E-state index >= 15 is 4.39 Å². The van der Waals surface area contributed by atoms with Crippen LogP contribution >= 0.6 is 0 Å². The van der Waals surface area contributed by atoms with Crippen LogP contribution in [0.15, 0.2) is 66.7 Å². The van der Waals surface area contributed by atoms with Crippen LogP contribution in [0.1, 0.15) is 41.3 Å². The van der Waals surface area contributed by atoms with Crippen molar-refractivity contribution in [1.82, 2.24) is 10.6 Å². The molecule has 0 aliphatic carbocycles. The summed E-state index contributed by atoms with van der Waals surface area (Å²) in [4.78, 5) is 21.9. The summed E-state index contributed by atoms with van der Waals surface area (Å²) in [6.07, 6.45) is -4.86. The van der Waals surface area contributed by atoms with Gasteiger partial charge in [0.25, 0.3) is 12.4 Å². The number of nitrogens with one attached hydrogen (secondary N) is 3. The van der Waals surface area contributed by atoms with Gasteiger partial charge in [-0.2, -0.15) is 0 Å². The quantitative estimate of drug-likeness (QED) is 0.130.